The number of aromatic nitrogens is 4. The highest BCUT2D eigenvalue weighted by Gasteiger charge is 2.20. The predicted octanol–water partition coefficient (Wildman–Crippen LogP) is 4.07. The van der Waals surface area contributed by atoms with Gasteiger partial charge in [0, 0.05) is 12.1 Å². The van der Waals surface area contributed by atoms with E-state index in [2.05, 4.69) is 18.8 Å². The van der Waals surface area contributed by atoms with E-state index in [1.165, 1.54) is 10.6 Å². The SMILES string of the molecule is CCCn1cnc2c1c(=O)n(Cc1ccccc1F)c(=O)n2-c1ccc(C(C)C)cc1. The van der Waals surface area contributed by atoms with E-state index < -0.39 is 17.1 Å². The van der Waals surface area contributed by atoms with Gasteiger partial charge in [-0.2, -0.15) is 0 Å². The van der Waals surface area contributed by atoms with E-state index in [-0.39, 0.29) is 12.1 Å². The summed E-state index contributed by atoms with van der Waals surface area (Å²) in [5, 5.41) is 0. The minimum Gasteiger partial charge on any atom is -0.325 e. The fourth-order valence-electron chi connectivity index (χ4n) is 3.77. The molecule has 6 nitrogen and oxygen atoms in total. The van der Waals surface area contributed by atoms with E-state index >= 15 is 0 Å². The summed E-state index contributed by atoms with van der Waals surface area (Å²) >= 11 is 0. The van der Waals surface area contributed by atoms with Crippen molar-refractivity contribution < 1.29 is 4.39 Å². The molecule has 7 heteroatoms. The van der Waals surface area contributed by atoms with Crippen LogP contribution in [0.15, 0.2) is 64.4 Å². The van der Waals surface area contributed by atoms with E-state index in [0.29, 0.717) is 29.3 Å². The molecule has 4 aromatic rings. The molecule has 0 aliphatic heterocycles. The lowest BCUT2D eigenvalue weighted by Crippen LogP contribution is -2.40. The molecule has 31 heavy (non-hydrogen) atoms. The van der Waals surface area contributed by atoms with Crippen LogP contribution in [-0.2, 0) is 13.1 Å². The molecule has 0 amide bonds. The topological polar surface area (TPSA) is 61.8 Å². The van der Waals surface area contributed by atoms with Crippen LogP contribution < -0.4 is 11.2 Å². The highest BCUT2D eigenvalue weighted by atomic mass is 19.1. The minimum atomic E-state index is -0.542. The number of halogens is 1. The Balaban J connectivity index is 2.00. The van der Waals surface area contributed by atoms with Gasteiger partial charge in [0.15, 0.2) is 11.2 Å². The van der Waals surface area contributed by atoms with Crippen LogP contribution in [0.2, 0.25) is 0 Å². The van der Waals surface area contributed by atoms with Crippen LogP contribution in [0, 0.1) is 5.82 Å². The second-order valence-electron chi connectivity index (χ2n) is 7.96. The Morgan fingerprint density at radius 3 is 2.39 bits per heavy atom. The summed E-state index contributed by atoms with van der Waals surface area (Å²) in [6.45, 7) is 6.64. The number of rotatable bonds is 6. The molecule has 0 bridgehead atoms. The first-order valence-corrected chi connectivity index (χ1v) is 10.5. The molecule has 160 valence electrons. The number of hydrogen-bond acceptors (Lipinski definition) is 3. The minimum absolute atomic E-state index is 0.151. The van der Waals surface area contributed by atoms with E-state index in [1.54, 1.807) is 29.1 Å². The largest absolute Gasteiger partial charge is 0.337 e. The van der Waals surface area contributed by atoms with Gasteiger partial charge in [-0.3, -0.25) is 9.36 Å². The maximum absolute atomic E-state index is 14.3. The van der Waals surface area contributed by atoms with Gasteiger partial charge in [-0.25, -0.2) is 18.7 Å². The maximum Gasteiger partial charge on any atom is 0.337 e. The second-order valence-corrected chi connectivity index (χ2v) is 7.96. The van der Waals surface area contributed by atoms with Gasteiger partial charge in [-0.1, -0.05) is 51.1 Å². The van der Waals surface area contributed by atoms with Crippen LogP contribution in [0.3, 0.4) is 0 Å². The lowest BCUT2D eigenvalue weighted by Gasteiger charge is -2.14. The molecule has 0 aliphatic rings. The molecule has 0 N–H and O–H groups in total. The van der Waals surface area contributed by atoms with Gasteiger partial charge in [-0.05, 0) is 36.1 Å². The fourth-order valence-corrected chi connectivity index (χ4v) is 3.77. The molecule has 0 fully saturated rings. The summed E-state index contributed by atoms with van der Waals surface area (Å²) in [6.07, 6.45) is 2.39. The highest BCUT2D eigenvalue weighted by Crippen LogP contribution is 2.19. The summed E-state index contributed by atoms with van der Waals surface area (Å²) < 4.78 is 18.6. The Morgan fingerprint density at radius 1 is 1.03 bits per heavy atom. The maximum atomic E-state index is 14.3. The summed E-state index contributed by atoms with van der Waals surface area (Å²) in [6, 6.07) is 13.8. The Bertz CT molecular complexity index is 1350. The van der Waals surface area contributed by atoms with Crippen molar-refractivity contribution in [3.8, 4) is 5.69 Å². The normalized spacial score (nSPS) is 11.5. The van der Waals surface area contributed by atoms with E-state index in [4.69, 9.17) is 0 Å². The van der Waals surface area contributed by atoms with Gasteiger partial charge in [-0.15, -0.1) is 0 Å². The third kappa shape index (κ3) is 3.71. The standard InChI is InChI=1S/C24H25FN4O2/c1-4-13-27-15-26-22-21(27)23(30)28(14-18-7-5-6-8-20(18)25)24(31)29(22)19-11-9-17(10-12-19)16(2)3/h5-12,15-16H,4,13-14H2,1-3H3. The summed E-state index contributed by atoms with van der Waals surface area (Å²) in [7, 11) is 0. The predicted molar refractivity (Wildman–Crippen MR) is 119 cm³/mol. The Morgan fingerprint density at radius 2 is 1.74 bits per heavy atom. The van der Waals surface area contributed by atoms with Crippen LogP contribution in [0.25, 0.3) is 16.9 Å². The van der Waals surface area contributed by atoms with Gasteiger partial charge in [0.05, 0.1) is 18.6 Å². The number of nitrogens with zero attached hydrogens (tertiary/aromatic N) is 4. The van der Waals surface area contributed by atoms with Gasteiger partial charge in [0.2, 0.25) is 0 Å². The van der Waals surface area contributed by atoms with Gasteiger partial charge >= 0.3 is 5.69 Å². The van der Waals surface area contributed by atoms with Crippen LogP contribution in [0.1, 0.15) is 44.2 Å². The molecule has 0 saturated heterocycles. The second kappa shape index (κ2) is 8.34. The average molecular weight is 420 g/mol. The Labute approximate surface area is 179 Å². The smallest absolute Gasteiger partial charge is 0.325 e. The highest BCUT2D eigenvalue weighted by molar-refractivity contribution is 5.72. The first kappa shape index (κ1) is 20.8. The van der Waals surface area contributed by atoms with Crippen LogP contribution in [-0.4, -0.2) is 18.7 Å². The molecular weight excluding hydrogens is 395 g/mol. The lowest BCUT2D eigenvalue weighted by atomic mass is 10.0. The monoisotopic (exact) mass is 420 g/mol. The third-order valence-corrected chi connectivity index (χ3v) is 5.47. The molecule has 0 aliphatic carbocycles. The van der Waals surface area contributed by atoms with Crippen LogP contribution in [0.5, 0.6) is 0 Å². The zero-order valence-electron chi connectivity index (χ0n) is 17.9. The third-order valence-electron chi connectivity index (χ3n) is 5.47. The van der Waals surface area contributed by atoms with Crippen LogP contribution in [0.4, 0.5) is 4.39 Å². The number of fused-ring (bicyclic) bond motifs is 1. The number of aryl methyl sites for hydroxylation is 1. The van der Waals surface area contributed by atoms with Crippen molar-refractivity contribution in [1.29, 1.82) is 0 Å². The number of imidazole rings is 1. The molecule has 0 unspecified atom stereocenters. The summed E-state index contributed by atoms with van der Waals surface area (Å²) in [5.74, 6) is -0.103. The van der Waals surface area contributed by atoms with Crippen molar-refractivity contribution >= 4 is 11.2 Å². The first-order valence-electron chi connectivity index (χ1n) is 10.5. The van der Waals surface area contributed by atoms with Crippen molar-refractivity contribution in [2.24, 2.45) is 0 Å². The van der Waals surface area contributed by atoms with Crippen molar-refractivity contribution in [3.05, 3.63) is 92.6 Å². The van der Waals surface area contributed by atoms with Gasteiger partial charge in [0.25, 0.3) is 5.56 Å². The average Bonchev–Trinajstić information content (AvgIpc) is 3.16. The molecule has 0 atom stereocenters. The zero-order chi connectivity index (χ0) is 22.1. The fraction of sp³-hybridized carbons (Fsp3) is 0.292. The lowest BCUT2D eigenvalue weighted by molar-refractivity contribution is 0.585. The van der Waals surface area contributed by atoms with Gasteiger partial charge < -0.3 is 4.57 Å². The molecule has 4 rings (SSSR count). The number of hydrogen-bond donors (Lipinski definition) is 0. The first-order chi connectivity index (χ1) is 14.9. The van der Waals surface area contributed by atoms with E-state index in [9.17, 15) is 14.0 Å². The molecule has 2 aromatic heterocycles. The molecule has 0 radical (unpaired) electrons. The Hall–Kier alpha value is -3.48. The molecule has 2 aromatic carbocycles. The van der Waals surface area contributed by atoms with Crippen LogP contribution >= 0.6 is 0 Å². The number of benzene rings is 2. The molecule has 0 saturated carbocycles. The molecule has 2 heterocycles. The van der Waals surface area contributed by atoms with Crippen molar-refractivity contribution in [3.63, 3.8) is 0 Å². The van der Waals surface area contributed by atoms with Crippen molar-refractivity contribution in [2.45, 2.75) is 46.2 Å². The Kier molecular flexibility index (Phi) is 5.59. The quantitative estimate of drug-likeness (QED) is 0.472. The van der Waals surface area contributed by atoms with Gasteiger partial charge in [0.1, 0.15) is 5.82 Å². The van der Waals surface area contributed by atoms with E-state index in [1.807, 2.05) is 31.2 Å². The molecular formula is C24H25FN4O2. The summed E-state index contributed by atoms with van der Waals surface area (Å²) in [5.41, 5.74) is 1.68. The van der Waals surface area contributed by atoms with Crippen molar-refractivity contribution in [1.82, 2.24) is 18.7 Å². The summed E-state index contributed by atoms with van der Waals surface area (Å²) in [4.78, 5) is 31.2. The van der Waals surface area contributed by atoms with Crippen molar-refractivity contribution in [2.75, 3.05) is 0 Å². The molecule has 0 spiro atoms. The zero-order valence-corrected chi connectivity index (χ0v) is 17.9. The van der Waals surface area contributed by atoms with E-state index in [0.717, 1.165) is 16.6 Å².